The van der Waals surface area contributed by atoms with Crippen molar-refractivity contribution < 1.29 is 27.5 Å². The molecular formula is C7H11F4NO2. The predicted molar refractivity (Wildman–Crippen MR) is 40.3 cm³/mol. The van der Waals surface area contributed by atoms with Gasteiger partial charge in [-0.05, 0) is 13.3 Å². The second-order valence-corrected chi connectivity index (χ2v) is 2.82. The summed E-state index contributed by atoms with van der Waals surface area (Å²) in [4.78, 5) is 10.5. The number of hydrogen-bond acceptors (Lipinski definition) is 2. The third kappa shape index (κ3) is 3.91. The molecule has 0 aliphatic rings. The normalized spacial score (nSPS) is 14.2. The summed E-state index contributed by atoms with van der Waals surface area (Å²) in [5, 5.41) is 10.3. The summed E-state index contributed by atoms with van der Waals surface area (Å²) >= 11 is 0. The highest BCUT2D eigenvalue weighted by atomic mass is 19.3. The van der Waals surface area contributed by atoms with Crippen molar-refractivity contribution in [3.8, 4) is 0 Å². The molecular weight excluding hydrogens is 206 g/mol. The maximum atomic E-state index is 12.2. The van der Waals surface area contributed by atoms with Gasteiger partial charge in [0.25, 0.3) is 5.91 Å². The predicted octanol–water partition coefficient (Wildman–Crippen LogP) is 0.774. The molecule has 0 aromatic rings. The number of halogens is 4. The van der Waals surface area contributed by atoms with Gasteiger partial charge in [0.05, 0.1) is 6.10 Å². The number of nitrogens with one attached hydrogen (secondary N) is 1. The molecule has 0 aromatic heterocycles. The molecule has 0 aliphatic carbocycles. The van der Waals surface area contributed by atoms with E-state index in [2.05, 4.69) is 0 Å². The molecule has 14 heavy (non-hydrogen) atoms. The highest BCUT2D eigenvalue weighted by Gasteiger charge is 2.48. The number of rotatable bonds is 5. The highest BCUT2D eigenvalue weighted by Crippen LogP contribution is 2.22. The van der Waals surface area contributed by atoms with Gasteiger partial charge in [0.1, 0.15) is 0 Å². The van der Waals surface area contributed by atoms with Gasteiger partial charge >= 0.3 is 12.3 Å². The third-order valence-corrected chi connectivity index (χ3v) is 1.42. The van der Waals surface area contributed by atoms with Crippen LogP contribution in [0.1, 0.15) is 13.3 Å². The van der Waals surface area contributed by atoms with Gasteiger partial charge in [-0.15, -0.1) is 0 Å². The molecule has 3 nitrogen and oxygen atoms in total. The Morgan fingerprint density at radius 1 is 1.50 bits per heavy atom. The standard InChI is InChI=1S/C7H11F4NO2/c1-4(13)2-3-12-6(14)7(10,11)5(8)9/h4-5,13H,2-3H2,1H3,(H,12,14). The van der Waals surface area contributed by atoms with Crippen LogP contribution in [0.15, 0.2) is 0 Å². The smallest absolute Gasteiger partial charge is 0.383 e. The van der Waals surface area contributed by atoms with Gasteiger partial charge in [-0.25, -0.2) is 8.78 Å². The number of carbonyl (C=O) groups is 1. The van der Waals surface area contributed by atoms with Crippen LogP contribution >= 0.6 is 0 Å². The molecule has 0 radical (unpaired) electrons. The number of amides is 1. The quantitative estimate of drug-likeness (QED) is 0.668. The second-order valence-electron chi connectivity index (χ2n) is 2.82. The molecule has 1 amide bonds. The molecule has 0 rings (SSSR count). The van der Waals surface area contributed by atoms with E-state index in [4.69, 9.17) is 5.11 Å². The molecule has 0 aromatic carbocycles. The summed E-state index contributed by atoms with van der Waals surface area (Å²) in [7, 11) is 0. The van der Waals surface area contributed by atoms with Crippen LogP contribution in [0.2, 0.25) is 0 Å². The van der Waals surface area contributed by atoms with Gasteiger partial charge < -0.3 is 10.4 Å². The molecule has 0 spiro atoms. The van der Waals surface area contributed by atoms with Crippen LogP contribution in [-0.4, -0.2) is 36.0 Å². The maximum absolute atomic E-state index is 12.2. The van der Waals surface area contributed by atoms with E-state index in [1.807, 2.05) is 0 Å². The summed E-state index contributed by atoms with van der Waals surface area (Å²) in [5.41, 5.74) is 0. The highest BCUT2D eigenvalue weighted by molar-refractivity contribution is 5.83. The average Bonchev–Trinajstić information content (AvgIpc) is 2.02. The number of aliphatic hydroxyl groups excluding tert-OH is 1. The average molecular weight is 217 g/mol. The lowest BCUT2D eigenvalue weighted by Gasteiger charge is -2.14. The minimum Gasteiger partial charge on any atom is -0.393 e. The number of hydrogen-bond donors (Lipinski definition) is 2. The van der Waals surface area contributed by atoms with Crippen LogP contribution in [0.25, 0.3) is 0 Å². The van der Waals surface area contributed by atoms with Crippen LogP contribution in [-0.2, 0) is 4.79 Å². The summed E-state index contributed by atoms with van der Waals surface area (Å²) in [6.45, 7) is 1.12. The Morgan fingerprint density at radius 2 is 2.00 bits per heavy atom. The van der Waals surface area contributed by atoms with E-state index in [0.29, 0.717) is 0 Å². The molecule has 2 N–H and O–H groups in total. The molecule has 1 unspecified atom stereocenters. The molecule has 7 heteroatoms. The lowest BCUT2D eigenvalue weighted by molar-refractivity contribution is -0.169. The fourth-order valence-electron chi connectivity index (χ4n) is 0.612. The Labute approximate surface area is 78.1 Å². The van der Waals surface area contributed by atoms with E-state index >= 15 is 0 Å². The van der Waals surface area contributed by atoms with Crippen LogP contribution in [0, 0.1) is 0 Å². The van der Waals surface area contributed by atoms with Gasteiger partial charge in [-0.2, -0.15) is 8.78 Å². The molecule has 0 fully saturated rings. The topological polar surface area (TPSA) is 49.3 Å². The van der Waals surface area contributed by atoms with Crippen LogP contribution in [0.5, 0.6) is 0 Å². The summed E-state index contributed by atoms with van der Waals surface area (Å²) in [6, 6.07) is 0. The Bertz CT molecular complexity index is 196. The van der Waals surface area contributed by atoms with Gasteiger partial charge in [-0.3, -0.25) is 4.79 Å². The summed E-state index contributed by atoms with van der Waals surface area (Å²) < 4.78 is 47.7. The fourth-order valence-corrected chi connectivity index (χ4v) is 0.612. The zero-order chi connectivity index (χ0) is 11.4. The molecule has 0 saturated heterocycles. The molecule has 0 heterocycles. The summed E-state index contributed by atoms with van der Waals surface area (Å²) in [5.74, 6) is -6.69. The van der Waals surface area contributed by atoms with E-state index in [9.17, 15) is 22.4 Å². The van der Waals surface area contributed by atoms with Gasteiger partial charge in [0, 0.05) is 6.54 Å². The minimum absolute atomic E-state index is 0.0328. The lowest BCUT2D eigenvalue weighted by Crippen LogP contribution is -2.45. The third-order valence-electron chi connectivity index (χ3n) is 1.42. The molecule has 0 aliphatic heterocycles. The van der Waals surface area contributed by atoms with Gasteiger partial charge in [0.15, 0.2) is 0 Å². The van der Waals surface area contributed by atoms with Crippen molar-refractivity contribution in [2.75, 3.05) is 6.54 Å². The van der Waals surface area contributed by atoms with Crippen molar-refractivity contribution in [2.45, 2.75) is 31.8 Å². The Kier molecular flexibility index (Phi) is 4.82. The van der Waals surface area contributed by atoms with Crippen molar-refractivity contribution in [2.24, 2.45) is 0 Å². The minimum atomic E-state index is -4.67. The molecule has 0 saturated carbocycles. The van der Waals surface area contributed by atoms with Crippen molar-refractivity contribution in [3.05, 3.63) is 0 Å². The number of carbonyl (C=O) groups excluding carboxylic acids is 1. The van der Waals surface area contributed by atoms with Crippen molar-refractivity contribution in [3.63, 3.8) is 0 Å². The van der Waals surface area contributed by atoms with Crippen molar-refractivity contribution in [1.29, 1.82) is 0 Å². The van der Waals surface area contributed by atoms with Crippen LogP contribution < -0.4 is 5.32 Å². The zero-order valence-corrected chi connectivity index (χ0v) is 7.44. The summed E-state index contributed by atoms with van der Waals surface area (Å²) in [6.07, 6.45) is -4.77. The van der Waals surface area contributed by atoms with Crippen LogP contribution in [0.4, 0.5) is 17.6 Å². The van der Waals surface area contributed by atoms with Gasteiger partial charge in [0.2, 0.25) is 0 Å². The largest absolute Gasteiger partial charge is 0.393 e. The first-order valence-electron chi connectivity index (χ1n) is 3.90. The molecule has 1 atom stereocenters. The van der Waals surface area contributed by atoms with E-state index in [1.54, 1.807) is 5.32 Å². The molecule has 0 bridgehead atoms. The van der Waals surface area contributed by atoms with E-state index in [0.717, 1.165) is 0 Å². The monoisotopic (exact) mass is 217 g/mol. The van der Waals surface area contributed by atoms with Crippen molar-refractivity contribution >= 4 is 5.91 Å². The Balaban J connectivity index is 3.96. The first kappa shape index (κ1) is 13.2. The Morgan fingerprint density at radius 3 is 2.36 bits per heavy atom. The van der Waals surface area contributed by atoms with Crippen molar-refractivity contribution in [1.82, 2.24) is 5.32 Å². The van der Waals surface area contributed by atoms with E-state index < -0.39 is 24.4 Å². The van der Waals surface area contributed by atoms with E-state index in [1.165, 1.54) is 6.92 Å². The first-order chi connectivity index (χ1) is 6.28. The second kappa shape index (κ2) is 5.14. The van der Waals surface area contributed by atoms with Crippen LogP contribution in [0.3, 0.4) is 0 Å². The van der Waals surface area contributed by atoms with E-state index in [-0.39, 0.29) is 13.0 Å². The maximum Gasteiger partial charge on any atom is 0.383 e. The fraction of sp³-hybridized carbons (Fsp3) is 0.857. The van der Waals surface area contributed by atoms with Gasteiger partial charge in [-0.1, -0.05) is 0 Å². The first-order valence-corrected chi connectivity index (χ1v) is 3.90. The number of aliphatic hydroxyl groups is 1. The number of alkyl halides is 4. The SMILES string of the molecule is CC(O)CCNC(=O)C(F)(F)C(F)F. The Hall–Kier alpha value is -0.850. The zero-order valence-electron chi connectivity index (χ0n) is 7.44. The molecule has 84 valence electrons. The lowest BCUT2D eigenvalue weighted by atomic mass is 10.2.